The number of ketones is 1. The highest BCUT2D eigenvalue weighted by Gasteiger charge is 2.29. The van der Waals surface area contributed by atoms with Gasteiger partial charge in [0.1, 0.15) is 11.4 Å². The number of anilines is 1. The van der Waals surface area contributed by atoms with Gasteiger partial charge < -0.3 is 20.3 Å². The Bertz CT molecular complexity index is 1640. The number of hydrogen-bond acceptors (Lipinski definition) is 10. The number of benzene rings is 1. The van der Waals surface area contributed by atoms with Crippen LogP contribution in [0.2, 0.25) is 5.02 Å². The lowest BCUT2D eigenvalue weighted by Crippen LogP contribution is -2.33. The molecular weight excluding hydrogens is 546 g/mol. The molecule has 4 aromatic rings. The molecule has 41 heavy (non-hydrogen) atoms. The molecular formula is C29H32ClN7O4. The number of Topliss-reactive ketones (excluding diaryl/α,β-unsaturated/α-hetero) is 1. The van der Waals surface area contributed by atoms with E-state index in [2.05, 4.69) is 20.4 Å². The van der Waals surface area contributed by atoms with Gasteiger partial charge in [0, 0.05) is 71.4 Å². The van der Waals surface area contributed by atoms with Gasteiger partial charge in [-0.05, 0) is 50.7 Å². The summed E-state index contributed by atoms with van der Waals surface area (Å²) in [5, 5.41) is 8.50. The Morgan fingerprint density at radius 1 is 1.10 bits per heavy atom. The number of halogens is 1. The molecule has 4 heterocycles. The second-order valence-corrected chi connectivity index (χ2v) is 11.2. The van der Waals surface area contributed by atoms with Gasteiger partial charge in [-0.2, -0.15) is 9.97 Å². The van der Waals surface area contributed by atoms with E-state index in [4.69, 9.17) is 31.6 Å². The van der Waals surface area contributed by atoms with Crippen molar-refractivity contribution in [3.63, 3.8) is 0 Å². The maximum absolute atomic E-state index is 14.2. The Morgan fingerprint density at radius 2 is 1.88 bits per heavy atom. The molecule has 3 N–H and O–H groups in total. The topological polar surface area (TPSA) is 151 Å². The molecule has 214 valence electrons. The van der Waals surface area contributed by atoms with Crippen LogP contribution in [-0.4, -0.2) is 56.3 Å². The summed E-state index contributed by atoms with van der Waals surface area (Å²) in [7, 11) is 0. The highest BCUT2D eigenvalue weighted by atomic mass is 35.5. The Kier molecular flexibility index (Phi) is 7.83. The molecule has 0 spiro atoms. The average molecular weight is 578 g/mol. The highest BCUT2D eigenvalue weighted by molar-refractivity contribution is 6.33. The van der Waals surface area contributed by atoms with Crippen LogP contribution in [0.1, 0.15) is 50.5 Å². The van der Waals surface area contributed by atoms with E-state index in [9.17, 15) is 9.59 Å². The van der Waals surface area contributed by atoms with Crippen LogP contribution in [-0.2, 0) is 9.53 Å². The molecule has 1 aliphatic heterocycles. The summed E-state index contributed by atoms with van der Waals surface area (Å²) in [4.78, 5) is 40.2. The number of nitrogens with two attached hydrogens (primary N) is 1. The molecule has 1 aromatic carbocycles. The molecule has 1 saturated heterocycles. The normalized spacial score (nSPS) is 19.9. The van der Waals surface area contributed by atoms with E-state index in [1.165, 1.54) is 0 Å². The third-order valence-corrected chi connectivity index (χ3v) is 8.40. The number of nitrogens with one attached hydrogen (secondary N) is 1. The zero-order valence-electron chi connectivity index (χ0n) is 22.8. The Hall–Kier alpha value is -3.67. The smallest absolute Gasteiger partial charge is 0.260 e. The minimum Gasteiger partial charge on any atom is -0.381 e. The lowest BCUT2D eigenvalue weighted by molar-refractivity contribution is -0.122. The molecule has 1 saturated carbocycles. The molecule has 11 nitrogen and oxygen atoms in total. The number of nitrogens with zero attached hydrogens (tertiary/aromatic N) is 5. The zero-order valence-corrected chi connectivity index (χ0v) is 23.6. The van der Waals surface area contributed by atoms with Gasteiger partial charge in [-0.15, -0.1) is 0 Å². The second kappa shape index (κ2) is 11.7. The fourth-order valence-electron chi connectivity index (χ4n) is 5.86. The number of ether oxygens (including phenoxy) is 1. The van der Waals surface area contributed by atoms with E-state index in [-0.39, 0.29) is 35.9 Å². The van der Waals surface area contributed by atoms with Crippen LogP contribution < -0.4 is 16.6 Å². The van der Waals surface area contributed by atoms with Crippen molar-refractivity contribution in [1.29, 1.82) is 0 Å². The monoisotopic (exact) mass is 577 g/mol. The first kappa shape index (κ1) is 27.5. The van der Waals surface area contributed by atoms with E-state index in [0.29, 0.717) is 83.9 Å². The molecule has 1 aliphatic carbocycles. The van der Waals surface area contributed by atoms with Crippen LogP contribution in [0.15, 0.2) is 39.8 Å². The van der Waals surface area contributed by atoms with Crippen molar-refractivity contribution in [2.75, 3.05) is 25.1 Å². The number of fused-ring (bicyclic) bond motifs is 1. The molecule has 3 aromatic heterocycles. The summed E-state index contributed by atoms with van der Waals surface area (Å²) in [5.74, 6) is 1.36. The van der Waals surface area contributed by atoms with Crippen molar-refractivity contribution in [1.82, 2.24) is 24.7 Å². The molecule has 0 atom stereocenters. The van der Waals surface area contributed by atoms with E-state index in [1.807, 2.05) is 6.07 Å². The summed E-state index contributed by atoms with van der Waals surface area (Å²) in [5.41, 5.74) is 7.73. The van der Waals surface area contributed by atoms with Crippen molar-refractivity contribution >= 4 is 34.4 Å². The highest BCUT2D eigenvalue weighted by Crippen LogP contribution is 2.36. The fraction of sp³-hybridized carbons (Fsp3) is 0.448. The van der Waals surface area contributed by atoms with Crippen molar-refractivity contribution in [3.8, 4) is 22.5 Å². The SMILES string of the molecule is Cc1nc(-c2ccc(-c3cc4cnc(NC5CCOCC5)nc4n(C4CCC(C(=O)CN)CC4)c3=O)c(Cl)c2)no1. The predicted octanol–water partition coefficient (Wildman–Crippen LogP) is 4.32. The number of carbonyl (C=O) groups is 1. The van der Waals surface area contributed by atoms with E-state index in [0.717, 1.165) is 18.2 Å². The summed E-state index contributed by atoms with van der Waals surface area (Å²) in [6.45, 7) is 3.14. The summed E-state index contributed by atoms with van der Waals surface area (Å²) in [6.07, 6.45) is 6.18. The van der Waals surface area contributed by atoms with E-state index < -0.39 is 0 Å². The lowest BCUT2D eigenvalue weighted by Gasteiger charge is -2.30. The van der Waals surface area contributed by atoms with Crippen molar-refractivity contribution < 1.29 is 14.1 Å². The van der Waals surface area contributed by atoms with Gasteiger partial charge in [0.25, 0.3) is 5.56 Å². The van der Waals surface area contributed by atoms with Crippen LogP contribution in [0.25, 0.3) is 33.5 Å². The third-order valence-electron chi connectivity index (χ3n) is 8.09. The van der Waals surface area contributed by atoms with E-state index in [1.54, 1.807) is 35.9 Å². The van der Waals surface area contributed by atoms with Gasteiger partial charge in [-0.1, -0.05) is 28.9 Å². The van der Waals surface area contributed by atoms with Gasteiger partial charge in [-0.25, -0.2) is 4.98 Å². The molecule has 6 rings (SSSR count). The number of aromatic nitrogens is 5. The predicted molar refractivity (Wildman–Crippen MR) is 155 cm³/mol. The van der Waals surface area contributed by atoms with Crippen LogP contribution in [0.5, 0.6) is 0 Å². The molecule has 2 fully saturated rings. The zero-order chi connectivity index (χ0) is 28.5. The summed E-state index contributed by atoms with van der Waals surface area (Å²) in [6, 6.07) is 7.23. The van der Waals surface area contributed by atoms with Crippen LogP contribution >= 0.6 is 11.6 Å². The number of carbonyl (C=O) groups excluding carboxylic acids is 1. The first-order valence-electron chi connectivity index (χ1n) is 14.0. The average Bonchev–Trinajstić information content (AvgIpc) is 3.43. The number of aryl methyl sites for hydroxylation is 1. The van der Waals surface area contributed by atoms with Gasteiger partial charge >= 0.3 is 0 Å². The minimum absolute atomic E-state index is 0.0417. The Morgan fingerprint density at radius 3 is 2.56 bits per heavy atom. The maximum atomic E-state index is 14.2. The molecule has 12 heteroatoms. The Balaban J connectivity index is 1.42. The largest absolute Gasteiger partial charge is 0.381 e. The van der Waals surface area contributed by atoms with Gasteiger partial charge in [0.15, 0.2) is 0 Å². The number of pyridine rings is 1. The fourth-order valence-corrected chi connectivity index (χ4v) is 6.14. The van der Waals surface area contributed by atoms with Gasteiger partial charge in [0.2, 0.25) is 17.7 Å². The van der Waals surface area contributed by atoms with Crippen LogP contribution in [0, 0.1) is 12.8 Å². The van der Waals surface area contributed by atoms with Crippen molar-refractivity contribution in [3.05, 3.63) is 51.7 Å². The number of hydrogen-bond donors (Lipinski definition) is 2. The molecule has 2 aliphatic rings. The molecule has 0 bridgehead atoms. The summed E-state index contributed by atoms with van der Waals surface area (Å²) < 4.78 is 12.3. The van der Waals surface area contributed by atoms with Gasteiger partial charge in [-0.3, -0.25) is 14.2 Å². The van der Waals surface area contributed by atoms with Gasteiger partial charge in [0.05, 0.1) is 6.54 Å². The standard InChI is InChI=1S/C29H32ClN7O4/c1-16-33-26(36-41-16)18-4-7-22(24(30)13-18)23-12-19-15-32-29(34-20-8-10-40-11-9-20)35-27(19)37(28(23)39)21-5-2-17(3-6-21)25(38)14-31/h4,7,12-13,15,17,20-21H,2-3,5-6,8-11,14,31H2,1H3,(H,32,34,35). The number of rotatable bonds is 7. The molecule has 0 radical (unpaired) electrons. The van der Waals surface area contributed by atoms with Crippen molar-refractivity contribution in [2.45, 2.75) is 57.5 Å². The van der Waals surface area contributed by atoms with Crippen LogP contribution in [0.4, 0.5) is 5.95 Å². The Labute approximate surface area is 241 Å². The quantitative estimate of drug-likeness (QED) is 0.325. The summed E-state index contributed by atoms with van der Waals surface area (Å²) >= 11 is 6.75. The second-order valence-electron chi connectivity index (χ2n) is 10.7. The van der Waals surface area contributed by atoms with Crippen molar-refractivity contribution in [2.24, 2.45) is 11.7 Å². The molecule has 0 unspecified atom stereocenters. The maximum Gasteiger partial charge on any atom is 0.260 e. The first-order chi connectivity index (χ1) is 19.9. The third kappa shape index (κ3) is 5.61. The first-order valence-corrected chi connectivity index (χ1v) is 14.4. The minimum atomic E-state index is -0.188. The van der Waals surface area contributed by atoms with E-state index >= 15 is 0 Å². The lowest BCUT2D eigenvalue weighted by atomic mass is 9.83. The van der Waals surface area contributed by atoms with Crippen LogP contribution in [0.3, 0.4) is 0 Å². The molecule has 0 amide bonds.